The number of benzene rings is 1. The molecular weight excluding hydrogens is 332 g/mol. The van der Waals surface area contributed by atoms with Crippen LogP contribution in [0.4, 0.5) is 5.69 Å². The SMILES string of the molecule is CC(C)(C)Sc1ccc(NC(=O)c2ccn(C3CCCNC3)n2)cc1. The van der Waals surface area contributed by atoms with Crippen LogP contribution in [0.5, 0.6) is 0 Å². The molecule has 2 heterocycles. The Labute approximate surface area is 153 Å². The number of rotatable bonds is 4. The number of thioether (sulfide) groups is 1. The first kappa shape index (κ1) is 18.0. The number of hydrogen-bond acceptors (Lipinski definition) is 4. The average Bonchev–Trinajstić information content (AvgIpc) is 3.06. The Morgan fingerprint density at radius 1 is 1.28 bits per heavy atom. The highest BCUT2D eigenvalue weighted by molar-refractivity contribution is 8.00. The molecule has 1 aromatic heterocycles. The molecule has 1 aliphatic rings. The third-order valence-electron chi connectivity index (χ3n) is 4.02. The van der Waals surface area contributed by atoms with Gasteiger partial charge in [0.25, 0.3) is 5.91 Å². The molecule has 0 saturated carbocycles. The van der Waals surface area contributed by atoms with E-state index in [2.05, 4.69) is 36.5 Å². The van der Waals surface area contributed by atoms with Crippen LogP contribution in [0.1, 0.15) is 50.1 Å². The summed E-state index contributed by atoms with van der Waals surface area (Å²) in [6, 6.07) is 10.1. The number of carbonyl (C=O) groups is 1. The van der Waals surface area contributed by atoms with Crippen molar-refractivity contribution in [3.63, 3.8) is 0 Å². The second-order valence-electron chi connectivity index (χ2n) is 7.37. The smallest absolute Gasteiger partial charge is 0.276 e. The normalized spacial score (nSPS) is 18.1. The highest BCUT2D eigenvalue weighted by Gasteiger charge is 2.18. The van der Waals surface area contributed by atoms with E-state index in [1.54, 1.807) is 6.07 Å². The van der Waals surface area contributed by atoms with Crippen LogP contribution in [0.25, 0.3) is 0 Å². The number of anilines is 1. The van der Waals surface area contributed by atoms with Crippen LogP contribution in [-0.2, 0) is 0 Å². The van der Waals surface area contributed by atoms with E-state index >= 15 is 0 Å². The molecular formula is C19H26N4OS. The van der Waals surface area contributed by atoms with E-state index in [1.165, 1.54) is 4.90 Å². The molecule has 134 valence electrons. The van der Waals surface area contributed by atoms with Gasteiger partial charge in [0, 0.05) is 28.1 Å². The van der Waals surface area contributed by atoms with Gasteiger partial charge in [-0.15, -0.1) is 11.8 Å². The molecule has 0 spiro atoms. The second kappa shape index (κ2) is 7.62. The zero-order valence-electron chi connectivity index (χ0n) is 15.1. The standard InChI is InChI=1S/C19H26N4OS/c1-19(2,3)25-16-8-6-14(7-9-16)21-18(24)17-10-12-23(22-17)15-5-4-11-20-13-15/h6-10,12,15,20H,4-5,11,13H2,1-3H3,(H,21,24). The van der Waals surface area contributed by atoms with Gasteiger partial charge in [0.05, 0.1) is 6.04 Å². The van der Waals surface area contributed by atoms with Crippen LogP contribution < -0.4 is 10.6 Å². The van der Waals surface area contributed by atoms with Crippen molar-refractivity contribution in [2.75, 3.05) is 18.4 Å². The predicted molar refractivity (Wildman–Crippen MR) is 103 cm³/mol. The van der Waals surface area contributed by atoms with Crippen molar-refractivity contribution in [3.05, 3.63) is 42.2 Å². The molecule has 2 aromatic rings. The van der Waals surface area contributed by atoms with Gasteiger partial charge in [-0.1, -0.05) is 20.8 Å². The Bertz CT molecular complexity index is 712. The third-order valence-corrected chi connectivity index (χ3v) is 5.14. The van der Waals surface area contributed by atoms with E-state index in [9.17, 15) is 4.79 Å². The fourth-order valence-electron chi connectivity index (χ4n) is 2.88. The number of piperidine rings is 1. The first-order chi connectivity index (χ1) is 11.9. The van der Waals surface area contributed by atoms with Crippen LogP contribution >= 0.6 is 11.8 Å². The minimum atomic E-state index is -0.168. The first-order valence-electron chi connectivity index (χ1n) is 8.77. The largest absolute Gasteiger partial charge is 0.321 e. The summed E-state index contributed by atoms with van der Waals surface area (Å²) in [6.07, 6.45) is 4.14. The highest BCUT2D eigenvalue weighted by Crippen LogP contribution is 2.32. The number of hydrogen-bond donors (Lipinski definition) is 2. The summed E-state index contributed by atoms with van der Waals surface area (Å²) >= 11 is 1.81. The van der Waals surface area contributed by atoms with Crippen molar-refractivity contribution in [2.45, 2.75) is 49.3 Å². The van der Waals surface area contributed by atoms with Gasteiger partial charge >= 0.3 is 0 Å². The summed E-state index contributed by atoms with van der Waals surface area (Å²) in [4.78, 5) is 13.6. The fourth-order valence-corrected chi connectivity index (χ4v) is 3.86. The Balaban J connectivity index is 1.61. The lowest BCUT2D eigenvalue weighted by Gasteiger charge is -2.22. The van der Waals surface area contributed by atoms with Gasteiger partial charge in [0.1, 0.15) is 0 Å². The maximum atomic E-state index is 12.4. The van der Waals surface area contributed by atoms with E-state index in [-0.39, 0.29) is 10.7 Å². The Kier molecular flexibility index (Phi) is 5.49. The van der Waals surface area contributed by atoms with Crippen molar-refractivity contribution >= 4 is 23.4 Å². The Hall–Kier alpha value is -1.79. The molecule has 1 unspecified atom stereocenters. The average molecular weight is 359 g/mol. The Morgan fingerprint density at radius 2 is 2.04 bits per heavy atom. The highest BCUT2D eigenvalue weighted by atomic mass is 32.2. The van der Waals surface area contributed by atoms with Crippen LogP contribution in [0.2, 0.25) is 0 Å². The molecule has 6 heteroatoms. The van der Waals surface area contributed by atoms with Crippen molar-refractivity contribution in [1.82, 2.24) is 15.1 Å². The summed E-state index contributed by atoms with van der Waals surface area (Å²) in [5.74, 6) is -0.168. The molecule has 1 aliphatic heterocycles. The fraction of sp³-hybridized carbons (Fsp3) is 0.474. The zero-order valence-corrected chi connectivity index (χ0v) is 15.9. The van der Waals surface area contributed by atoms with Crippen LogP contribution in [0.15, 0.2) is 41.4 Å². The van der Waals surface area contributed by atoms with Crippen LogP contribution in [0, 0.1) is 0 Å². The summed E-state index contributed by atoms with van der Waals surface area (Å²) in [6.45, 7) is 8.53. The molecule has 25 heavy (non-hydrogen) atoms. The minimum absolute atomic E-state index is 0.168. The van der Waals surface area contributed by atoms with E-state index in [1.807, 2.05) is 46.9 Å². The van der Waals surface area contributed by atoms with Crippen molar-refractivity contribution < 1.29 is 4.79 Å². The van der Waals surface area contributed by atoms with Gasteiger partial charge in [0.15, 0.2) is 5.69 Å². The molecule has 5 nitrogen and oxygen atoms in total. The zero-order chi connectivity index (χ0) is 17.9. The topological polar surface area (TPSA) is 59.0 Å². The van der Waals surface area contributed by atoms with Crippen molar-refractivity contribution in [3.8, 4) is 0 Å². The van der Waals surface area contributed by atoms with Crippen molar-refractivity contribution in [1.29, 1.82) is 0 Å². The Morgan fingerprint density at radius 3 is 2.68 bits per heavy atom. The molecule has 1 atom stereocenters. The monoisotopic (exact) mass is 358 g/mol. The van der Waals surface area contributed by atoms with E-state index in [0.29, 0.717) is 11.7 Å². The van der Waals surface area contributed by atoms with Gasteiger partial charge in [-0.25, -0.2) is 0 Å². The molecule has 3 rings (SSSR count). The maximum Gasteiger partial charge on any atom is 0.276 e. The van der Waals surface area contributed by atoms with Crippen molar-refractivity contribution in [2.24, 2.45) is 0 Å². The van der Waals surface area contributed by atoms with Gasteiger partial charge in [-0.05, 0) is 49.7 Å². The lowest BCUT2D eigenvalue weighted by molar-refractivity contribution is 0.102. The molecule has 2 N–H and O–H groups in total. The van der Waals surface area contributed by atoms with Crippen LogP contribution in [0.3, 0.4) is 0 Å². The van der Waals surface area contributed by atoms with Crippen LogP contribution in [-0.4, -0.2) is 33.5 Å². The van der Waals surface area contributed by atoms with E-state index < -0.39 is 0 Å². The minimum Gasteiger partial charge on any atom is -0.321 e. The van der Waals surface area contributed by atoms with E-state index in [0.717, 1.165) is 31.6 Å². The lowest BCUT2D eigenvalue weighted by atomic mass is 10.1. The number of amides is 1. The molecule has 1 aromatic carbocycles. The molecule has 1 amide bonds. The maximum absolute atomic E-state index is 12.4. The molecule has 0 bridgehead atoms. The van der Waals surface area contributed by atoms with Gasteiger partial charge in [-0.2, -0.15) is 5.10 Å². The number of aromatic nitrogens is 2. The summed E-state index contributed by atoms with van der Waals surface area (Å²) in [7, 11) is 0. The summed E-state index contributed by atoms with van der Waals surface area (Å²) in [5, 5.41) is 10.8. The molecule has 0 aliphatic carbocycles. The number of nitrogens with one attached hydrogen (secondary N) is 2. The predicted octanol–water partition coefficient (Wildman–Crippen LogP) is 3.95. The number of nitrogens with zero attached hydrogens (tertiary/aromatic N) is 2. The lowest BCUT2D eigenvalue weighted by Crippen LogP contribution is -2.32. The summed E-state index contributed by atoms with van der Waals surface area (Å²) in [5.41, 5.74) is 1.25. The van der Waals surface area contributed by atoms with Gasteiger partial charge in [-0.3, -0.25) is 9.48 Å². The molecule has 0 radical (unpaired) electrons. The summed E-state index contributed by atoms with van der Waals surface area (Å²) < 4.78 is 2.08. The second-order valence-corrected chi connectivity index (χ2v) is 9.27. The van der Waals surface area contributed by atoms with E-state index in [4.69, 9.17) is 0 Å². The van der Waals surface area contributed by atoms with Gasteiger partial charge < -0.3 is 10.6 Å². The number of carbonyl (C=O) groups excluding carboxylic acids is 1. The third kappa shape index (κ3) is 5.09. The first-order valence-corrected chi connectivity index (χ1v) is 9.59. The molecule has 1 fully saturated rings. The molecule has 1 saturated heterocycles. The van der Waals surface area contributed by atoms with Gasteiger partial charge in [0.2, 0.25) is 0 Å². The quantitative estimate of drug-likeness (QED) is 0.813.